The highest BCUT2D eigenvalue weighted by Crippen LogP contribution is 2.53. The Balaban J connectivity index is 1.81. The van der Waals surface area contributed by atoms with E-state index >= 15 is 0 Å². The standard InChI is InChI=1S/C20H24ClF3N4O2/c1-27-17(26)15(18(29)28-12-2-3-14(22)13(21)6-12)16(25)9-4-10-7-20(30,19(23)24)8-11(10)5-9/h2-3,6,9-11,19,30H,4-5,7-8,25H2,1H3,(H2,26,27)(H,28,29). The van der Waals surface area contributed by atoms with Gasteiger partial charge in [0.15, 0.2) is 0 Å². The highest BCUT2D eigenvalue weighted by molar-refractivity contribution is 6.31. The van der Waals surface area contributed by atoms with Gasteiger partial charge < -0.3 is 21.9 Å². The second-order valence-corrected chi connectivity index (χ2v) is 8.43. The molecule has 2 aliphatic rings. The van der Waals surface area contributed by atoms with Gasteiger partial charge in [-0.25, -0.2) is 13.2 Å². The summed E-state index contributed by atoms with van der Waals surface area (Å²) in [5.74, 6) is -1.78. The van der Waals surface area contributed by atoms with Gasteiger partial charge in [0.25, 0.3) is 12.3 Å². The van der Waals surface area contributed by atoms with Crippen LogP contribution < -0.4 is 16.8 Å². The second kappa shape index (κ2) is 8.47. The normalized spacial score (nSPS) is 29.7. The number of halogens is 4. The Labute approximate surface area is 177 Å². The average Bonchev–Trinajstić information content (AvgIpc) is 3.20. The van der Waals surface area contributed by atoms with E-state index in [0.717, 1.165) is 6.07 Å². The number of amides is 1. The summed E-state index contributed by atoms with van der Waals surface area (Å²) in [6.07, 6.45) is -1.83. The number of allylic oxidation sites excluding steroid dienone is 1. The summed E-state index contributed by atoms with van der Waals surface area (Å²) in [4.78, 5) is 16.7. The molecule has 2 fully saturated rings. The zero-order valence-electron chi connectivity index (χ0n) is 16.3. The fourth-order valence-corrected chi connectivity index (χ4v) is 4.79. The van der Waals surface area contributed by atoms with E-state index in [2.05, 4.69) is 10.3 Å². The summed E-state index contributed by atoms with van der Waals surface area (Å²) in [6, 6.07) is 3.72. The van der Waals surface area contributed by atoms with Crippen molar-refractivity contribution in [3.63, 3.8) is 0 Å². The van der Waals surface area contributed by atoms with E-state index in [1.54, 1.807) is 0 Å². The number of fused-ring (bicyclic) bond motifs is 1. The van der Waals surface area contributed by atoms with Crippen molar-refractivity contribution in [1.82, 2.24) is 0 Å². The maximum absolute atomic E-state index is 13.3. The number of anilines is 1. The smallest absolute Gasteiger partial charge is 0.266 e. The number of benzene rings is 1. The molecular formula is C20H24ClF3N4O2. The number of nitrogens with two attached hydrogens (primary N) is 2. The van der Waals surface area contributed by atoms with E-state index in [9.17, 15) is 23.1 Å². The van der Waals surface area contributed by atoms with Crippen LogP contribution in [0.25, 0.3) is 0 Å². The van der Waals surface area contributed by atoms with Crippen LogP contribution in [0, 0.1) is 23.6 Å². The van der Waals surface area contributed by atoms with Crippen molar-refractivity contribution < 1.29 is 23.1 Å². The number of alkyl halides is 2. The zero-order chi connectivity index (χ0) is 22.2. The SMILES string of the molecule is CN=C(N)C(C(=O)Nc1ccc(F)c(Cl)c1)=C(N)C1CC2CC(O)(C(F)F)CC2C1. The molecule has 1 amide bonds. The summed E-state index contributed by atoms with van der Waals surface area (Å²) in [7, 11) is 1.41. The highest BCUT2D eigenvalue weighted by atomic mass is 35.5. The Bertz CT molecular complexity index is 892. The summed E-state index contributed by atoms with van der Waals surface area (Å²) >= 11 is 5.75. The fourth-order valence-electron chi connectivity index (χ4n) is 4.61. The van der Waals surface area contributed by atoms with Crippen molar-refractivity contribution >= 4 is 29.0 Å². The lowest BCUT2D eigenvalue weighted by molar-refractivity contribution is -0.112. The quantitative estimate of drug-likeness (QED) is 0.317. The molecule has 2 atom stereocenters. The lowest BCUT2D eigenvalue weighted by Gasteiger charge is -2.24. The van der Waals surface area contributed by atoms with Gasteiger partial charge in [-0.3, -0.25) is 9.79 Å². The minimum Gasteiger partial charge on any atom is -0.401 e. The predicted molar refractivity (Wildman–Crippen MR) is 109 cm³/mol. The number of amidine groups is 1. The molecule has 2 saturated carbocycles. The third-order valence-corrected chi connectivity index (χ3v) is 6.40. The van der Waals surface area contributed by atoms with Gasteiger partial charge in [-0.1, -0.05) is 11.6 Å². The van der Waals surface area contributed by atoms with Gasteiger partial charge in [0, 0.05) is 18.4 Å². The van der Waals surface area contributed by atoms with E-state index in [1.807, 2.05) is 0 Å². The van der Waals surface area contributed by atoms with Crippen molar-refractivity contribution in [1.29, 1.82) is 0 Å². The van der Waals surface area contributed by atoms with Crippen LogP contribution >= 0.6 is 11.6 Å². The van der Waals surface area contributed by atoms with Crippen LogP contribution in [0.5, 0.6) is 0 Å². The first-order valence-electron chi connectivity index (χ1n) is 9.55. The van der Waals surface area contributed by atoms with Crippen LogP contribution in [0.2, 0.25) is 5.02 Å². The van der Waals surface area contributed by atoms with E-state index in [-0.39, 0.29) is 58.4 Å². The molecule has 1 aromatic rings. The molecule has 6 nitrogen and oxygen atoms in total. The summed E-state index contributed by atoms with van der Waals surface area (Å²) in [5, 5.41) is 12.5. The largest absolute Gasteiger partial charge is 0.401 e. The van der Waals surface area contributed by atoms with Crippen molar-refractivity contribution in [3.8, 4) is 0 Å². The van der Waals surface area contributed by atoms with Gasteiger partial charge in [0.05, 0.1) is 5.02 Å². The highest BCUT2D eigenvalue weighted by Gasteiger charge is 2.53. The monoisotopic (exact) mass is 444 g/mol. The van der Waals surface area contributed by atoms with Crippen LogP contribution in [0.4, 0.5) is 18.9 Å². The number of rotatable bonds is 5. The lowest BCUT2D eigenvalue weighted by atomic mass is 9.91. The Kier molecular flexibility index (Phi) is 6.33. The van der Waals surface area contributed by atoms with Gasteiger partial charge >= 0.3 is 0 Å². The fraction of sp³-hybridized carbons (Fsp3) is 0.500. The molecule has 3 rings (SSSR count). The van der Waals surface area contributed by atoms with Crippen LogP contribution in [0.1, 0.15) is 25.7 Å². The lowest BCUT2D eigenvalue weighted by Crippen LogP contribution is -2.35. The van der Waals surface area contributed by atoms with Gasteiger partial charge in [0.1, 0.15) is 22.8 Å². The minimum absolute atomic E-state index is 0.00602. The first-order valence-corrected chi connectivity index (χ1v) is 9.92. The number of hydrogen-bond acceptors (Lipinski definition) is 4. The second-order valence-electron chi connectivity index (χ2n) is 8.02. The van der Waals surface area contributed by atoms with E-state index < -0.39 is 23.8 Å². The predicted octanol–water partition coefficient (Wildman–Crippen LogP) is 3.05. The Hall–Kier alpha value is -2.26. The molecule has 0 radical (unpaired) electrons. The topological polar surface area (TPSA) is 114 Å². The van der Waals surface area contributed by atoms with Gasteiger partial charge in [-0.05, 0) is 61.6 Å². The molecular weight excluding hydrogens is 421 g/mol. The summed E-state index contributed by atoms with van der Waals surface area (Å²) in [5.41, 5.74) is 10.7. The van der Waals surface area contributed by atoms with Crippen LogP contribution in [0.3, 0.4) is 0 Å². The Morgan fingerprint density at radius 3 is 2.40 bits per heavy atom. The number of carbonyl (C=O) groups is 1. The van der Waals surface area contributed by atoms with Crippen LogP contribution in [0.15, 0.2) is 34.5 Å². The Morgan fingerprint density at radius 1 is 1.30 bits per heavy atom. The molecule has 6 N–H and O–H groups in total. The third kappa shape index (κ3) is 4.27. The molecule has 164 valence electrons. The average molecular weight is 445 g/mol. The third-order valence-electron chi connectivity index (χ3n) is 6.11. The maximum Gasteiger partial charge on any atom is 0.266 e. The van der Waals surface area contributed by atoms with E-state index in [1.165, 1.54) is 19.2 Å². The molecule has 0 aromatic heterocycles. The number of nitrogens with one attached hydrogen (secondary N) is 1. The molecule has 0 spiro atoms. The van der Waals surface area contributed by atoms with Crippen molar-refractivity contribution in [2.75, 3.05) is 12.4 Å². The van der Waals surface area contributed by atoms with Crippen molar-refractivity contribution in [2.24, 2.45) is 34.2 Å². The van der Waals surface area contributed by atoms with Gasteiger partial charge in [-0.2, -0.15) is 0 Å². The number of nitrogens with zero attached hydrogens (tertiary/aromatic N) is 1. The minimum atomic E-state index is -2.79. The molecule has 1 aromatic carbocycles. The molecule has 0 heterocycles. The zero-order valence-corrected chi connectivity index (χ0v) is 17.1. The first kappa shape index (κ1) is 22.4. The molecule has 2 unspecified atom stereocenters. The summed E-state index contributed by atoms with van der Waals surface area (Å²) in [6.45, 7) is 0. The Morgan fingerprint density at radius 2 is 1.90 bits per heavy atom. The van der Waals surface area contributed by atoms with Gasteiger partial charge in [-0.15, -0.1) is 0 Å². The van der Waals surface area contributed by atoms with Crippen molar-refractivity contribution in [2.45, 2.75) is 37.7 Å². The number of hydrogen-bond donors (Lipinski definition) is 4. The summed E-state index contributed by atoms with van der Waals surface area (Å²) < 4.78 is 39.6. The molecule has 0 aliphatic heterocycles. The maximum atomic E-state index is 13.3. The molecule has 0 bridgehead atoms. The number of carbonyl (C=O) groups excluding carboxylic acids is 1. The molecule has 0 saturated heterocycles. The number of aliphatic imine (C=N–C) groups is 1. The van der Waals surface area contributed by atoms with E-state index in [4.69, 9.17) is 23.1 Å². The van der Waals surface area contributed by atoms with Crippen molar-refractivity contribution in [3.05, 3.63) is 40.3 Å². The van der Waals surface area contributed by atoms with Crippen LogP contribution in [-0.2, 0) is 4.79 Å². The molecule has 30 heavy (non-hydrogen) atoms. The first-order chi connectivity index (χ1) is 14.1. The van der Waals surface area contributed by atoms with E-state index in [0.29, 0.717) is 12.8 Å². The van der Waals surface area contributed by atoms with Crippen LogP contribution in [-0.4, -0.2) is 35.9 Å². The molecule has 10 heteroatoms. The molecule has 2 aliphatic carbocycles. The number of aliphatic hydroxyl groups is 1. The van der Waals surface area contributed by atoms with Gasteiger partial charge in [0.2, 0.25) is 0 Å².